The molecule has 64 valence electrons. The van der Waals surface area contributed by atoms with Gasteiger partial charge in [0.25, 0.3) is 0 Å². The molecule has 0 aliphatic heterocycles. The van der Waals surface area contributed by atoms with Crippen LogP contribution in [0.3, 0.4) is 0 Å². The molecule has 0 amide bonds. The van der Waals surface area contributed by atoms with Crippen LogP contribution in [0.1, 0.15) is 32.6 Å². The third-order valence-corrected chi connectivity index (χ3v) is 4.39. The second kappa shape index (κ2) is 2.04. The molecular formula is C12H16. The van der Waals surface area contributed by atoms with E-state index in [4.69, 9.17) is 0 Å². The van der Waals surface area contributed by atoms with Crippen molar-refractivity contribution in [2.75, 3.05) is 0 Å². The monoisotopic (exact) mass is 160 g/mol. The third kappa shape index (κ3) is 0.646. The SMILES string of the molecule is C[C@@]12CC=CC=C1[C@@H]1CC[C@H]2C1. The molecule has 0 aromatic heterocycles. The van der Waals surface area contributed by atoms with E-state index in [1.54, 1.807) is 5.57 Å². The van der Waals surface area contributed by atoms with Crippen LogP contribution in [0.25, 0.3) is 0 Å². The molecule has 12 heavy (non-hydrogen) atoms. The van der Waals surface area contributed by atoms with Gasteiger partial charge in [0.2, 0.25) is 0 Å². The van der Waals surface area contributed by atoms with E-state index in [9.17, 15) is 0 Å². The van der Waals surface area contributed by atoms with Gasteiger partial charge < -0.3 is 0 Å². The number of hydrogen-bond acceptors (Lipinski definition) is 0. The smallest absolute Gasteiger partial charge is 0.00475 e. The summed E-state index contributed by atoms with van der Waals surface area (Å²) in [6, 6.07) is 0. The number of fused-ring (bicyclic) bond motifs is 5. The van der Waals surface area contributed by atoms with Crippen LogP contribution in [-0.2, 0) is 0 Å². The molecule has 0 N–H and O–H groups in total. The normalized spacial score (nSPS) is 49.2. The molecule has 0 saturated heterocycles. The molecule has 0 radical (unpaired) electrons. The summed E-state index contributed by atoms with van der Waals surface area (Å²) in [6.07, 6.45) is 12.8. The molecule has 0 heteroatoms. The van der Waals surface area contributed by atoms with Crippen LogP contribution in [-0.4, -0.2) is 0 Å². The summed E-state index contributed by atoms with van der Waals surface area (Å²) in [7, 11) is 0. The van der Waals surface area contributed by atoms with Crippen molar-refractivity contribution in [3.63, 3.8) is 0 Å². The molecule has 0 aromatic rings. The van der Waals surface area contributed by atoms with Gasteiger partial charge in [-0.3, -0.25) is 0 Å². The molecule has 0 aromatic carbocycles. The Hall–Kier alpha value is -0.520. The molecule has 3 aliphatic rings. The Kier molecular flexibility index (Phi) is 1.18. The zero-order valence-corrected chi connectivity index (χ0v) is 7.72. The Morgan fingerprint density at radius 2 is 2.33 bits per heavy atom. The molecule has 2 bridgehead atoms. The third-order valence-electron chi connectivity index (χ3n) is 4.39. The second-order valence-electron chi connectivity index (χ2n) is 4.88. The first-order valence-electron chi connectivity index (χ1n) is 5.18. The Balaban J connectivity index is 2.10. The molecular weight excluding hydrogens is 144 g/mol. The standard InChI is InChI=1S/C12H16/c1-12-7-3-2-4-11(12)9-5-6-10(12)8-9/h2-4,9-10H,5-8H2,1H3/t9-,10+,12+/m1/s1. The summed E-state index contributed by atoms with van der Waals surface area (Å²) in [6.45, 7) is 2.48. The highest BCUT2D eigenvalue weighted by atomic mass is 14.5. The van der Waals surface area contributed by atoms with E-state index < -0.39 is 0 Å². The maximum atomic E-state index is 2.48. The maximum Gasteiger partial charge on any atom is -0.00475 e. The van der Waals surface area contributed by atoms with Crippen LogP contribution in [0.15, 0.2) is 23.8 Å². The summed E-state index contributed by atoms with van der Waals surface area (Å²) in [5.74, 6) is 1.98. The van der Waals surface area contributed by atoms with E-state index in [0.717, 1.165) is 11.8 Å². The zero-order valence-electron chi connectivity index (χ0n) is 7.72. The Bertz CT molecular complexity index is 272. The van der Waals surface area contributed by atoms with Gasteiger partial charge in [-0.1, -0.05) is 30.7 Å². The van der Waals surface area contributed by atoms with Crippen LogP contribution >= 0.6 is 0 Å². The minimum Gasteiger partial charge on any atom is -0.0837 e. The molecule has 0 unspecified atom stereocenters. The molecule has 0 nitrogen and oxygen atoms in total. The van der Waals surface area contributed by atoms with Crippen LogP contribution < -0.4 is 0 Å². The van der Waals surface area contributed by atoms with Gasteiger partial charge in [0.05, 0.1) is 0 Å². The number of hydrogen-bond donors (Lipinski definition) is 0. The summed E-state index contributed by atoms with van der Waals surface area (Å²) in [5.41, 5.74) is 2.36. The van der Waals surface area contributed by atoms with Crippen LogP contribution in [0.5, 0.6) is 0 Å². The van der Waals surface area contributed by atoms with Gasteiger partial charge in [0.1, 0.15) is 0 Å². The Morgan fingerprint density at radius 3 is 3.17 bits per heavy atom. The lowest BCUT2D eigenvalue weighted by atomic mass is 9.67. The predicted molar refractivity (Wildman–Crippen MR) is 50.8 cm³/mol. The van der Waals surface area contributed by atoms with Crippen LogP contribution in [0, 0.1) is 17.3 Å². The highest BCUT2D eigenvalue weighted by Crippen LogP contribution is 2.61. The molecule has 0 heterocycles. The topological polar surface area (TPSA) is 0 Å². The average molecular weight is 160 g/mol. The Labute approximate surface area is 74.4 Å². The first kappa shape index (κ1) is 6.94. The first-order valence-corrected chi connectivity index (χ1v) is 5.18. The van der Waals surface area contributed by atoms with Crippen molar-refractivity contribution in [3.05, 3.63) is 23.8 Å². The van der Waals surface area contributed by atoms with Crippen molar-refractivity contribution in [1.82, 2.24) is 0 Å². The molecule has 3 aliphatic carbocycles. The van der Waals surface area contributed by atoms with Crippen molar-refractivity contribution >= 4 is 0 Å². The lowest BCUT2D eigenvalue weighted by Crippen LogP contribution is -2.27. The lowest BCUT2D eigenvalue weighted by molar-refractivity contribution is 0.258. The second-order valence-corrected chi connectivity index (χ2v) is 4.88. The largest absolute Gasteiger partial charge is 0.0837 e. The van der Waals surface area contributed by atoms with Gasteiger partial charge in [-0.2, -0.15) is 0 Å². The van der Waals surface area contributed by atoms with Crippen molar-refractivity contribution in [1.29, 1.82) is 0 Å². The first-order chi connectivity index (χ1) is 5.81. The predicted octanol–water partition coefficient (Wildman–Crippen LogP) is 3.31. The van der Waals surface area contributed by atoms with E-state index in [0.29, 0.717) is 5.41 Å². The number of allylic oxidation sites excluding steroid dienone is 4. The van der Waals surface area contributed by atoms with E-state index in [1.807, 2.05) is 0 Å². The van der Waals surface area contributed by atoms with E-state index >= 15 is 0 Å². The van der Waals surface area contributed by atoms with Crippen molar-refractivity contribution < 1.29 is 0 Å². The van der Waals surface area contributed by atoms with E-state index in [-0.39, 0.29) is 0 Å². The van der Waals surface area contributed by atoms with Gasteiger partial charge in [-0.05, 0) is 42.9 Å². The summed E-state index contributed by atoms with van der Waals surface area (Å²) in [5, 5.41) is 0. The van der Waals surface area contributed by atoms with E-state index in [2.05, 4.69) is 25.2 Å². The summed E-state index contributed by atoms with van der Waals surface area (Å²) >= 11 is 0. The van der Waals surface area contributed by atoms with Gasteiger partial charge in [0, 0.05) is 0 Å². The quantitative estimate of drug-likeness (QED) is 0.510. The fourth-order valence-corrected chi connectivity index (χ4v) is 3.64. The van der Waals surface area contributed by atoms with Gasteiger partial charge in [-0.15, -0.1) is 0 Å². The maximum absolute atomic E-state index is 2.48. The summed E-state index contributed by atoms with van der Waals surface area (Å²) in [4.78, 5) is 0. The highest BCUT2D eigenvalue weighted by Gasteiger charge is 2.51. The fourth-order valence-electron chi connectivity index (χ4n) is 3.64. The van der Waals surface area contributed by atoms with Gasteiger partial charge in [-0.25, -0.2) is 0 Å². The number of rotatable bonds is 0. The van der Waals surface area contributed by atoms with Crippen molar-refractivity contribution in [2.24, 2.45) is 17.3 Å². The minimum atomic E-state index is 0.581. The molecule has 3 atom stereocenters. The molecule has 2 fully saturated rings. The van der Waals surface area contributed by atoms with Gasteiger partial charge >= 0.3 is 0 Å². The fraction of sp³-hybridized carbons (Fsp3) is 0.667. The van der Waals surface area contributed by atoms with Crippen molar-refractivity contribution in [2.45, 2.75) is 32.6 Å². The average Bonchev–Trinajstić information content (AvgIpc) is 2.62. The lowest BCUT2D eigenvalue weighted by Gasteiger charge is -2.37. The molecule has 2 saturated carbocycles. The molecule has 0 spiro atoms. The molecule has 3 rings (SSSR count). The summed E-state index contributed by atoms with van der Waals surface area (Å²) < 4.78 is 0. The Morgan fingerprint density at radius 1 is 1.42 bits per heavy atom. The highest BCUT2D eigenvalue weighted by molar-refractivity contribution is 5.34. The minimum absolute atomic E-state index is 0.581. The zero-order chi connectivity index (χ0) is 8.18. The van der Waals surface area contributed by atoms with Crippen molar-refractivity contribution in [3.8, 4) is 0 Å². The van der Waals surface area contributed by atoms with Crippen LogP contribution in [0.2, 0.25) is 0 Å². The van der Waals surface area contributed by atoms with Gasteiger partial charge in [0.15, 0.2) is 0 Å². The van der Waals surface area contributed by atoms with Crippen LogP contribution in [0.4, 0.5) is 0 Å². The van der Waals surface area contributed by atoms with E-state index in [1.165, 1.54) is 25.7 Å².